The second-order valence-corrected chi connectivity index (χ2v) is 13.2. The Morgan fingerprint density at radius 2 is 1.83 bits per heavy atom. The van der Waals surface area contributed by atoms with Gasteiger partial charge in [-0.2, -0.15) is 5.09 Å². The van der Waals surface area contributed by atoms with E-state index in [9.17, 15) is 28.8 Å². The van der Waals surface area contributed by atoms with Crippen LogP contribution in [0.15, 0.2) is 52.2 Å². The smallest absolute Gasteiger partial charge is 0.459 e. The molecule has 0 radical (unpaired) electrons. The van der Waals surface area contributed by atoms with Crippen LogP contribution >= 0.6 is 7.75 Å². The number of carbonyl (C=O) groups excluding carboxylic acids is 2. The molecule has 0 saturated carbocycles. The molecule has 6 atom stereocenters. The summed E-state index contributed by atoms with van der Waals surface area (Å²) in [7, 11) is -4.40. The molecule has 0 aliphatic carbocycles. The molecule has 260 valence electrons. The van der Waals surface area contributed by atoms with Gasteiger partial charge in [0, 0.05) is 25.4 Å². The zero-order chi connectivity index (χ0) is 34.4. The van der Waals surface area contributed by atoms with Gasteiger partial charge < -0.3 is 28.6 Å². The number of hydrogen-bond acceptors (Lipinski definition) is 13. The highest BCUT2D eigenvalue weighted by atomic mass is 31.2. The molecule has 2 N–H and O–H groups in total. The summed E-state index contributed by atoms with van der Waals surface area (Å²) in [5, 5.41) is 13.4. The summed E-state index contributed by atoms with van der Waals surface area (Å²) in [5.74, 6) is -1.31. The van der Waals surface area contributed by atoms with Gasteiger partial charge in [0.25, 0.3) is 5.56 Å². The molecule has 2 aromatic rings. The van der Waals surface area contributed by atoms with Gasteiger partial charge in [-0.1, -0.05) is 18.2 Å². The lowest BCUT2D eigenvalue weighted by Gasteiger charge is -2.26. The normalized spacial score (nSPS) is 25.2. The third-order valence-electron chi connectivity index (χ3n) is 7.31. The van der Waals surface area contributed by atoms with E-state index in [1.54, 1.807) is 36.9 Å². The number of carbonyl (C=O) groups is 2. The predicted octanol–water partition coefficient (Wildman–Crippen LogP) is 0.963. The van der Waals surface area contributed by atoms with Crippen molar-refractivity contribution in [2.24, 2.45) is 0 Å². The monoisotopic (exact) mass is 686 g/mol. The SMILES string of the molecule is CC(C)OC(=O)[C@H](C)NP(=O)(OC[C@H]1O[C@@H](n2ccc(=O)n(COC(=O)CN3CCOCC3)c2=O)[C@](C)(F)[C@@H]1O)Oc1ccccc1. The van der Waals surface area contributed by atoms with Gasteiger partial charge in [0.2, 0.25) is 0 Å². The molecule has 16 nitrogen and oxygen atoms in total. The van der Waals surface area contributed by atoms with Crippen LogP contribution in [0.25, 0.3) is 0 Å². The summed E-state index contributed by atoms with van der Waals surface area (Å²) >= 11 is 0. The van der Waals surface area contributed by atoms with Gasteiger partial charge in [0.15, 0.2) is 18.6 Å². The van der Waals surface area contributed by atoms with Gasteiger partial charge in [-0.3, -0.25) is 28.4 Å². The highest BCUT2D eigenvalue weighted by Crippen LogP contribution is 2.47. The molecule has 4 rings (SSSR count). The van der Waals surface area contributed by atoms with E-state index in [4.69, 9.17) is 28.0 Å². The van der Waals surface area contributed by atoms with Crippen LogP contribution in [-0.4, -0.2) is 101 Å². The predicted molar refractivity (Wildman–Crippen MR) is 162 cm³/mol. The average molecular weight is 687 g/mol. The minimum absolute atomic E-state index is 0.0777. The number of alkyl halides is 1. The van der Waals surface area contributed by atoms with Crippen molar-refractivity contribution in [1.29, 1.82) is 0 Å². The molecule has 18 heteroatoms. The number of aliphatic hydroxyl groups is 1. The lowest BCUT2D eigenvalue weighted by molar-refractivity contribution is -0.150. The molecular weight excluding hydrogens is 646 g/mol. The fourth-order valence-corrected chi connectivity index (χ4v) is 6.31. The maximum atomic E-state index is 16.0. The molecule has 0 bridgehead atoms. The minimum Gasteiger partial charge on any atom is -0.462 e. The number of benzene rings is 1. The van der Waals surface area contributed by atoms with Crippen molar-refractivity contribution in [3.8, 4) is 5.75 Å². The summed E-state index contributed by atoms with van der Waals surface area (Å²) in [4.78, 5) is 52.3. The van der Waals surface area contributed by atoms with E-state index in [0.29, 0.717) is 30.9 Å². The van der Waals surface area contributed by atoms with Crippen LogP contribution in [0.4, 0.5) is 4.39 Å². The standard InChI is InChI=1S/C29H40FN4O12P/c1-19(2)44-26(38)20(3)31-47(40,46-21-8-6-5-7-9-21)43-17-22-25(37)29(4,30)27(45-22)33-11-10-23(35)34(28(33)39)18-42-24(36)16-32-12-14-41-15-13-32/h5-11,19-20,22,25,27,37H,12-18H2,1-4H3,(H,31,40)/t20-,22+,25+,27+,29+,47?/m0/s1. The Hall–Kier alpha value is -3.44. The minimum atomic E-state index is -4.40. The van der Waals surface area contributed by atoms with E-state index in [1.807, 2.05) is 0 Å². The molecule has 2 fully saturated rings. The van der Waals surface area contributed by atoms with Crippen LogP contribution in [0.1, 0.15) is 33.9 Å². The van der Waals surface area contributed by atoms with Gasteiger partial charge in [-0.05, 0) is 39.8 Å². The summed E-state index contributed by atoms with van der Waals surface area (Å²) in [6.07, 6.45) is -4.66. The molecule has 0 spiro atoms. The van der Waals surface area contributed by atoms with Crippen LogP contribution < -0.4 is 20.9 Å². The van der Waals surface area contributed by atoms with Gasteiger partial charge >= 0.3 is 25.4 Å². The van der Waals surface area contributed by atoms with Crippen LogP contribution in [0, 0.1) is 0 Å². The summed E-state index contributed by atoms with van der Waals surface area (Å²) < 4.78 is 63.5. The fraction of sp³-hybridized carbons (Fsp3) is 0.586. The Balaban J connectivity index is 1.48. The second kappa shape index (κ2) is 15.6. The maximum Gasteiger partial charge on any atom is 0.459 e. The Morgan fingerprint density at radius 3 is 2.49 bits per heavy atom. The zero-order valence-corrected chi connectivity index (χ0v) is 27.4. The van der Waals surface area contributed by atoms with Crippen molar-refractivity contribution >= 4 is 19.7 Å². The van der Waals surface area contributed by atoms with E-state index in [0.717, 1.165) is 23.8 Å². The number of aliphatic hydroxyl groups excluding tert-OH is 1. The van der Waals surface area contributed by atoms with Crippen LogP contribution in [0.5, 0.6) is 5.75 Å². The highest BCUT2D eigenvalue weighted by molar-refractivity contribution is 7.52. The van der Waals surface area contributed by atoms with Crippen LogP contribution in [-0.2, 0) is 44.4 Å². The molecule has 2 saturated heterocycles. The van der Waals surface area contributed by atoms with Crippen molar-refractivity contribution < 1.29 is 51.6 Å². The molecule has 1 aromatic heterocycles. The first kappa shape index (κ1) is 36.4. The number of halogens is 1. The largest absolute Gasteiger partial charge is 0.462 e. The number of hydrogen-bond donors (Lipinski definition) is 2. The number of morpholine rings is 1. The Kier molecular flexibility index (Phi) is 12.1. The van der Waals surface area contributed by atoms with E-state index in [2.05, 4.69) is 5.09 Å². The number of ether oxygens (including phenoxy) is 4. The van der Waals surface area contributed by atoms with Crippen molar-refractivity contribution in [1.82, 2.24) is 19.1 Å². The van der Waals surface area contributed by atoms with Gasteiger partial charge in [0.05, 0.1) is 32.5 Å². The Bertz CT molecular complexity index is 1550. The maximum absolute atomic E-state index is 16.0. The van der Waals surface area contributed by atoms with Crippen LogP contribution in [0.3, 0.4) is 0 Å². The van der Waals surface area contributed by atoms with Crippen molar-refractivity contribution in [2.45, 2.75) is 70.7 Å². The van der Waals surface area contributed by atoms with Gasteiger partial charge in [-0.25, -0.2) is 18.3 Å². The summed E-state index contributed by atoms with van der Waals surface area (Å²) in [6, 6.07) is 7.69. The zero-order valence-electron chi connectivity index (χ0n) is 26.5. The fourth-order valence-electron chi connectivity index (χ4n) is 4.81. The molecular formula is C29H40FN4O12P. The first-order valence-corrected chi connectivity index (χ1v) is 16.5. The topological polar surface area (TPSA) is 186 Å². The first-order chi connectivity index (χ1) is 22.2. The molecule has 2 aliphatic heterocycles. The number of esters is 2. The third-order valence-corrected chi connectivity index (χ3v) is 8.95. The highest BCUT2D eigenvalue weighted by Gasteiger charge is 2.56. The molecule has 1 aromatic carbocycles. The molecule has 47 heavy (non-hydrogen) atoms. The van der Waals surface area contributed by atoms with E-state index in [-0.39, 0.29) is 12.3 Å². The average Bonchev–Trinajstić information content (AvgIpc) is 3.24. The Labute approximate surface area is 269 Å². The first-order valence-electron chi connectivity index (χ1n) is 15.0. The van der Waals surface area contributed by atoms with Gasteiger partial charge in [0.1, 0.15) is 24.0 Å². The number of nitrogens with zero attached hydrogens (tertiary/aromatic N) is 3. The lowest BCUT2D eigenvalue weighted by atomic mass is 9.98. The van der Waals surface area contributed by atoms with Crippen LogP contribution in [0.2, 0.25) is 0 Å². The van der Waals surface area contributed by atoms with Crippen molar-refractivity contribution in [2.75, 3.05) is 39.5 Å². The number of aromatic nitrogens is 2. The summed E-state index contributed by atoms with van der Waals surface area (Å²) in [6.45, 7) is 6.05. The van der Waals surface area contributed by atoms with E-state index >= 15 is 4.39 Å². The number of para-hydroxylation sites is 1. The van der Waals surface area contributed by atoms with E-state index < -0.39 is 80.5 Å². The number of rotatable bonds is 14. The van der Waals surface area contributed by atoms with Gasteiger partial charge in [-0.15, -0.1) is 0 Å². The van der Waals surface area contributed by atoms with E-state index in [1.165, 1.54) is 19.1 Å². The molecule has 1 unspecified atom stereocenters. The molecule has 3 heterocycles. The molecule has 2 aliphatic rings. The number of nitrogens with one attached hydrogen (secondary N) is 1. The third kappa shape index (κ3) is 9.34. The molecule has 0 amide bonds. The lowest BCUT2D eigenvalue weighted by Crippen LogP contribution is -2.47. The summed E-state index contributed by atoms with van der Waals surface area (Å²) in [5.41, 5.74) is -4.52. The van der Waals surface area contributed by atoms with Crippen molar-refractivity contribution in [3.05, 3.63) is 63.4 Å². The van der Waals surface area contributed by atoms with Crippen molar-refractivity contribution in [3.63, 3.8) is 0 Å². The second-order valence-electron chi connectivity index (χ2n) is 11.5. The Morgan fingerprint density at radius 1 is 1.15 bits per heavy atom. The quantitative estimate of drug-likeness (QED) is 0.211.